The summed E-state index contributed by atoms with van der Waals surface area (Å²) in [6.45, 7) is 5.04. The highest BCUT2D eigenvalue weighted by Crippen LogP contribution is 2.28. The average molecular weight is 339 g/mol. The molecule has 1 aliphatic rings. The second-order valence-electron chi connectivity index (χ2n) is 5.04. The molecule has 0 aliphatic carbocycles. The molecule has 0 saturated carbocycles. The van der Waals surface area contributed by atoms with Crippen LogP contribution in [0.1, 0.15) is 5.69 Å². The van der Waals surface area contributed by atoms with Gasteiger partial charge < -0.3 is 15.0 Å². The topological polar surface area (TPSA) is 50.3 Å². The van der Waals surface area contributed by atoms with Gasteiger partial charge in [-0.05, 0) is 25.1 Å². The van der Waals surface area contributed by atoms with Crippen molar-refractivity contribution < 1.29 is 4.74 Å². The van der Waals surface area contributed by atoms with Crippen LogP contribution >= 0.6 is 23.2 Å². The minimum absolute atomic E-state index is 0.519. The van der Waals surface area contributed by atoms with E-state index in [4.69, 9.17) is 27.9 Å². The molecule has 1 fully saturated rings. The SMILES string of the molecule is Cc1cc(N2CCOCC2)nc(Nc2ccc(Cl)cc2Cl)n1. The third-order valence-electron chi connectivity index (χ3n) is 3.35. The third-order valence-corrected chi connectivity index (χ3v) is 3.90. The maximum Gasteiger partial charge on any atom is 0.229 e. The molecule has 1 aromatic heterocycles. The molecular formula is C15H16Cl2N4O. The van der Waals surface area contributed by atoms with Gasteiger partial charge in [0.1, 0.15) is 5.82 Å². The fourth-order valence-corrected chi connectivity index (χ4v) is 2.73. The number of hydrogen-bond donors (Lipinski definition) is 1. The van der Waals surface area contributed by atoms with Crippen molar-refractivity contribution in [3.63, 3.8) is 0 Å². The van der Waals surface area contributed by atoms with Gasteiger partial charge in [-0.1, -0.05) is 23.2 Å². The Morgan fingerprint density at radius 3 is 2.64 bits per heavy atom. The molecule has 1 N–H and O–H groups in total. The predicted molar refractivity (Wildman–Crippen MR) is 89.5 cm³/mol. The Kier molecular flexibility index (Phi) is 4.66. The van der Waals surface area contributed by atoms with E-state index in [1.54, 1.807) is 12.1 Å². The van der Waals surface area contributed by atoms with Crippen molar-refractivity contribution in [1.82, 2.24) is 9.97 Å². The van der Waals surface area contributed by atoms with Crippen LogP contribution in [0.2, 0.25) is 10.0 Å². The highest BCUT2D eigenvalue weighted by molar-refractivity contribution is 6.36. The Hall–Kier alpha value is -1.56. The van der Waals surface area contributed by atoms with Crippen molar-refractivity contribution in [1.29, 1.82) is 0 Å². The lowest BCUT2D eigenvalue weighted by atomic mass is 10.3. The zero-order valence-electron chi connectivity index (χ0n) is 12.1. The van der Waals surface area contributed by atoms with E-state index >= 15 is 0 Å². The molecule has 0 bridgehead atoms. The summed E-state index contributed by atoms with van der Waals surface area (Å²) in [5, 5.41) is 4.27. The van der Waals surface area contributed by atoms with Crippen molar-refractivity contribution >= 4 is 40.7 Å². The van der Waals surface area contributed by atoms with Crippen LogP contribution in [0, 0.1) is 6.92 Å². The van der Waals surface area contributed by atoms with Crippen LogP contribution in [-0.4, -0.2) is 36.3 Å². The summed E-state index contributed by atoms with van der Waals surface area (Å²) in [5.74, 6) is 1.41. The molecule has 22 heavy (non-hydrogen) atoms. The monoisotopic (exact) mass is 338 g/mol. The van der Waals surface area contributed by atoms with Crippen LogP contribution in [0.4, 0.5) is 17.5 Å². The minimum atomic E-state index is 0.519. The van der Waals surface area contributed by atoms with Crippen molar-refractivity contribution in [2.24, 2.45) is 0 Å². The zero-order chi connectivity index (χ0) is 15.5. The first-order chi connectivity index (χ1) is 10.6. The van der Waals surface area contributed by atoms with Gasteiger partial charge in [-0.15, -0.1) is 0 Å². The number of halogens is 2. The zero-order valence-corrected chi connectivity index (χ0v) is 13.7. The number of hydrogen-bond acceptors (Lipinski definition) is 5. The first-order valence-corrected chi connectivity index (χ1v) is 7.78. The van der Waals surface area contributed by atoms with E-state index in [0.717, 1.165) is 43.5 Å². The van der Waals surface area contributed by atoms with E-state index in [0.29, 0.717) is 16.0 Å². The summed E-state index contributed by atoms with van der Waals surface area (Å²) in [7, 11) is 0. The Bertz CT molecular complexity index is 675. The largest absolute Gasteiger partial charge is 0.378 e. The van der Waals surface area contributed by atoms with Gasteiger partial charge in [0, 0.05) is 29.9 Å². The number of nitrogens with one attached hydrogen (secondary N) is 1. The molecule has 3 rings (SSSR count). The van der Waals surface area contributed by atoms with Crippen molar-refractivity contribution in [3.05, 3.63) is 40.0 Å². The van der Waals surface area contributed by atoms with Crippen LogP contribution in [0.5, 0.6) is 0 Å². The summed E-state index contributed by atoms with van der Waals surface area (Å²) < 4.78 is 5.37. The van der Waals surface area contributed by atoms with E-state index in [1.807, 2.05) is 19.1 Å². The highest BCUT2D eigenvalue weighted by Gasteiger charge is 2.14. The molecule has 2 heterocycles. The number of nitrogens with zero attached hydrogens (tertiary/aromatic N) is 3. The van der Waals surface area contributed by atoms with E-state index in [9.17, 15) is 0 Å². The van der Waals surface area contributed by atoms with E-state index in [2.05, 4.69) is 20.2 Å². The minimum Gasteiger partial charge on any atom is -0.378 e. The average Bonchev–Trinajstić information content (AvgIpc) is 2.50. The number of ether oxygens (including phenoxy) is 1. The van der Waals surface area contributed by atoms with E-state index in [-0.39, 0.29) is 0 Å². The summed E-state index contributed by atoms with van der Waals surface area (Å²) in [4.78, 5) is 11.2. The molecule has 1 saturated heterocycles. The van der Waals surface area contributed by atoms with Gasteiger partial charge in [-0.25, -0.2) is 4.98 Å². The lowest BCUT2D eigenvalue weighted by Crippen LogP contribution is -2.36. The quantitative estimate of drug-likeness (QED) is 0.925. The molecule has 0 atom stereocenters. The van der Waals surface area contributed by atoms with Gasteiger partial charge in [-0.3, -0.25) is 0 Å². The summed E-state index contributed by atoms with van der Waals surface area (Å²) in [6.07, 6.45) is 0. The molecule has 0 unspecified atom stereocenters. The standard InChI is InChI=1S/C15H16Cl2N4O/c1-10-8-14(21-4-6-22-7-5-21)20-15(18-10)19-13-3-2-11(16)9-12(13)17/h2-3,8-9H,4-7H2,1H3,(H,18,19,20). The van der Waals surface area contributed by atoms with Crippen LogP contribution in [0.3, 0.4) is 0 Å². The van der Waals surface area contributed by atoms with Gasteiger partial charge in [0.2, 0.25) is 5.95 Å². The van der Waals surface area contributed by atoms with E-state index in [1.165, 1.54) is 0 Å². The molecule has 5 nitrogen and oxygen atoms in total. The Labute approximate surface area is 139 Å². The molecule has 1 aromatic carbocycles. The van der Waals surface area contributed by atoms with Gasteiger partial charge in [0.25, 0.3) is 0 Å². The van der Waals surface area contributed by atoms with Gasteiger partial charge in [0.15, 0.2) is 0 Å². The van der Waals surface area contributed by atoms with Crippen LogP contribution in [0.25, 0.3) is 0 Å². The molecule has 2 aromatic rings. The Morgan fingerprint density at radius 1 is 1.14 bits per heavy atom. The predicted octanol–water partition coefficient (Wildman–Crippen LogP) is 3.67. The lowest BCUT2D eigenvalue weighted by Gasteiger charge is -2.28. The summed E-state index contributed by atoms with van der Waals surface area (Å²) >= 11 is 12.1. The van der Waals surface area contributed by atoms with E-state index < -0.39 is 0 Å². The first-order valence-electron chi connectivity index (χ1n) is 7.02. The second kappa shape index (κ2) is 6.69. The normalized spacial score (nSPS) is 15.0. The fourth-order valence-electron chi connectivity index (χ4n) is 2.27. The smallest absolute Gasteiger partial charge is 0.229 e. The molecule has 0 spiro atoms. The molecule has 116 valence electrons. The molecule has 0 amide bonds. The summed E-state index contributed by atoms with van der Waals surface area (Å²) in [6, 6.07) is 7.24. The number of aromatic nitrogens is 2. The van der Waals surface area contributed by atoms with Gasteiger partial charge in [-0.2, -0.15) is 4.98 Å². The Morgan fingerprint density at radius 2 is 1.91 bits per heavy atom. The fraction of sp³-hybridized carbons (Fsp3) is 0.333. The maximum absolute atomic E-state index is 6.18. The van der Waals surface area contributed by atoms with Crippen LogP contribution < -0.4 is 10.2 Å². The third kappa shape index (κ3) is 3.61. The number of aryl methyl sites for hydroxylation is 1. The van der Waals surface area contributed by atoms with Crippen LogP contribution in [0.15, 0.2) is 24.3 Å². The first kappa shape index (κ1) is 15.3. The number of anilines is 3. The number of morpholine rings is 1. The number of benzene rings is 1. The molecule has 0 radical (unpaired) electrons. The Balaban J connectivity index is 1.85. The second-order valence-corrected chi connectivity index (χ2v) is 5.88. The molecular weight excluding hydrogens is 323 g/mol. The van der Waals surface area contributed by atoms with Gasteiger partial charge in [0.05, 0.1) is 23.9 Å². The highest BCUT2D eigenvalue weighted by atomic mass is 35.5. The molecule has 7 heteroatoms. The van der Waals surface area contributed by atoms with Crippen molar-refractivity contribution in [2.75, 3.05) is 36.5 Å². The summed E-state index contributed by atoms with van der Waals surface area (Å²) in [5.41, 5.74) is 1.62. The van der Waals surface area contributed by atoms with Crippen molar-refractivity contribution in [3.8, 4) is 0 Å². The lowest BCUT2D eigenvalue weighted by molar-refractivity contribution is 0.122. The molecule has 1 aliphatic heterocycles. The maximum atomic E-state index is 6.18. The van der Waals surface area contributed by atoms with Crippen molar-refractivity contribution in [2.45, 2.75) is 6.92 Å². The number of rotatable bonds is 3. The van der Waals surface area contributed by atoms with Gasteiger partial charge >= 0.3 is 0 Å². The van der Waals surface area contributed by atoms with Crippen LogP contribution in [-0.2, 0) is 4.74 Å².